The zero-order valence-electron chi connectivity index (χ0n) is 15.5. The molecule has 1 aliphatic rings. The van der Waals surface area contributed by atoms with Crippen molar-refractivity contribution in [2.45, 2.75) is 19.6 Å². The number of nitrogens with zero attached hydrogens (tertiary/aromatic N) is 4. The van der Waals surface area contributed by atoms with Crippen molar-refractivity contribution in [1.82, 2.24) is 14.3 Å². The lowest BCUT2D eigenvalue weighted by Crippen LogP contribution is -2.49. The van der Waals surface area contributed by atoms with E-state index in [1.165, 1.54) is 0 Å². The third-order valence-electron chi connectivity index (χ3n) is 4.37. The normalized spacial score (nSPS) is 15.7. The van der Waals surface area contributed by atoms with E-state index in [2.05, 4.69) is 20.2 Å². The number of benzene rings is 1. The van der Waals surface area contributed by atoms with Crippen molar-refractivity contribution in [2.24, 2.45) is 0 Å². The van der Waals surface area contributed by atoms with Crippen LogP contribution in [0.1, 0.15) is 18.2 Å². The second-order valence-electron chi connectivity index (χ2n) is 6.49. The summed E-state index contributed by atoms with van der Waals surface area (Å²) in [7, 11) is -3.38. The molecule has 7 nitrogen and oxygen atoms in total. The number of aryl methyl sites for hydroxylation is 1. The molecule has 0 amide bonds. The quantitative estimate of drug-likeness (QED) is 0.789. The van der Waals surface area contributed by atoms with Crippen molar-refractivity contribution in [3.63, 3.8) is 0 Å². The number of piperazine rings is 1. The minimum atomic E-state index is -3.38. The number of aromatic nitrogens is 2. The fraction of sp³-hybridized carbons (Fsp3) is 0.444. The topological polar surface area (TPSA) is 78.4 Å². The van der Waals surface area contributed by atoms with Gasteiger partial charge in [0.1, 0.15) is 5.82 Å². The Balaban J connectivity index is 1.66. The maximum atomic E-state index is 12.7. The SMILES string of the molecule is CCNc1nc(C)cc(N2CCN(S(=O)(=O)Cc3cccc(Cl)c3)CC2)n1. The van der Waals surface area contributed by atoms with E-state index < -0.39 is 10.0 Å². The van der Waals surface area contributed by atoms with Crippen molar-refractivity contribution < 1.29 is 8.42 Å². The Labute approximate surface area is 165 Å². The van der Waals surface area contributed by atoms with Gasteiger partial charge in [-0.15, -0.1) is 0 Å². The van der Waals surface area contributed by atoms with Crippen LogP contribution in [0.2, 0.25) is 5.02 Å². The van der Waals surface area contributed by atoms with Gasteiger partial charge in [0.25, 0.3) is 0 Å². The van der Waals surface area contributed by atoms with Gasteiger partial charge in [0.15, 0.2) is 0 Å². The largest absolute Gasteiger partial charge is 0.354 e. The van der Waals surface area contributed by atoms with E-state index >= 15 is 0 Å². The molecule has 0 bridgehead atoms. The lowest BCUT2D eigenvalue weighted by Gasteiger charge is -2.34. The number of hydrogen-bond donors (Lipinski definition) is 1. The molecule has 0 atom stereocenters. The van der Waals surface area contributed by atoms with E-state index in [1.807, 2.05) is 19.9 Å². The van der Waals surface area contributed by atoms with Crippen LogP contribution in [0.25, 0.3) is 0 Å². The second kappa shape index (κ2) is 8.41. The molecule has 1 N–H and O–H groups in total. The number of sulfonamides is 1. The summed E-state index contributed by atoms with van der Waals surface area (Å²) in [6, 6.07) is 8.91. The average molecular weight is 410 g/mol. The highest BCUT2D eigenvalue weighted by Crippen LogP contribution is 2.20. The van der Waals surface area contributed by atoms with Gasteiger partial charge in [-0.1, -0.05) is 23.7 Å². The number of hydrogen-bond acceptors (Lipinski definition) is 6. The van der Waals surface area contributed by atoms with E-state index in [9.17, 15) is 8.42 Å². The van der Waals surface area contributed by atoms with Crippen molar-refractivity contribution in [3.8, 4) is 0 Å². The summed E-state index contributed by atoms with van der Waals surface area (Å²) in [4.78, 5) is 11.0. The van der Waals surface area contributed by atoms with Crippen LogP contribution in [0, 0.1) is 6.92 Å². The molecule has 0 unspecified atom stereocenters. The van der Waals surface area contributed by atoms with E-state index in [-0.39, 0.29) is 5.75 Å². The molecule has 146 valence electrons. The average Bonchev–Trinajstić information content (AvgIpc) is 2.61. The van der Waals surface area contributed by atoms with Crippen molar-refractivity contribution in [1.29, 1.82) is 0 Å². The highest BCUT2D eigenvalue weighted by atomic mass is 35.5. The van der Waals surface area contributed by atoms with E-state index in [0.29, 0.717) is 42.7 Å². The Hall–Kier alpha value is -1.90. The number of nitrogens with one attached hydrogen (secondary N) is 1. The third kappa shape index (κ3) is 5.09. The first-order chi connectivity index (χ1) is 12.9. The first kappa shape index (κ1) is 19.9. The molecule has 1 aromatic heterocycles. The Morgan fingerprint density at radius 1 is 1.15 bits per heavy atom. The van der Waals surface area contributed by atoms with Gasteiger partial charge in [-0.05, 0) is 31.5 Å². The molecule has 0 radical (unpaired) electrons. The molecule has 1 saturated heterocycles. The summed E-state index contributed by atoms with van der Waals surface area (Å²) >= 11 is 5.96. The number of rotatable bonds is 6. The molecule has 2 heterocycles. The molecule has 0 saturated carbocycles. The Morgan fingerprint density at radius 3 is 2.56 bits per heavy atom. The van der Waals surface area contributed by atoms with Crippen molar-refractivity contribution in [3.05, 3.63) is 46.6 Å². The standard InChI is InChI=1S/C18H24ClN5O2S/c1-3-20-18-21-14(2)11-17(22-18)23-7-9-24(10-8-23)27(25,26)13-15-5-4-6-16(19)12-15/h4-6,11-12H,3,7-10,13H2,1-2H3,(H,20,21,22). The van der Waals surface area contributed by atoms with Gasteiger partial charge in [-0.25, -0.2) is 13.4 Å². The molecule has 27 heavy (non-hydrogen) atoms. The highest BCUT2D eigenvalue weighted by Gasteiger charge is 2.28. The minimum Gasteiger partial charge on any atom is -0.354 e. The van der Waals surface area contributed by atoms with E-state index in [4.69, 9.17) is 11.6 Å². The number of halogens is 1. The summed E-state index contributed by atoms with van der Waals surface area (Å²) in [5.41, 5.74) is 1.58. The Kier molecular flexibility index (Phi) is 6.18. The molecule has 1 fully saturated rings. The second-order valence-corrected chi connectivity index (χ2v) is 8.90. The van der Waals surface area contributed by atoms with Gasteiger partial charge in [0, 0.05) is 49.5 Å². The first-order valence-corrected chi connectivity index (χ1v) is 10.9. The molecule has 3 rings (SSSR count). The van der Waals surface area contributed by atoms with Crippen molar-refractivity contribution >= 4 is 33.4 Å². The van der Waals surface area contributed by atoms with Crippen LogP contribution in [0.15, 0.2) is 30.3 Å². The van der Waals surface area contributed by atoms with Crippen LogP contribution < -0.4 is 10.2 Å². The predicted molar refractivity (Wildman–Crippen MR) is 109 cm³/mol. The molecule has 1 aliphatic heterocycles. The fourth-order valence-electron chi connectivity index (χ4n) is 3.08. The summed E-state index contributed by atoms with van der Waals surface area (Å²) in [5, 5.41) is 3.67. The fourth-order valence-corrected chi connectivity index (χ4v) is 4.79. The first-order valence-electron chi connectivity index (χ1n) is 8.94. The van der Waals surface area contributed by atoms with E-state index in [1.54, 1.807) is 28.6 Å². The van der Waals surface area contributed by atoms with Crippen LogP contribution in [0.3, 0.4) is 0 Å². The lowest BCUT2D eigenvalue weighted by molar-refractivity contribution is 0.383. The van der Waals surface area contributed by atoms with Gasteiger partial charge in [0.05, 0.1) is 5.75 Å². The Bertz CT molecular complexity index is 898. The molecule has 1 aromatic carbocycles. The summed E-state index contributed by atoms with van der Waals surface area (Å²) in [5.74, 6) is 1.39. The number of anilines is 2. The molecule has 0 spiro atoms. The van der Waals surface area contributed by atoms with Gasteiger partial charge < -0.3 is 10.2 Å². The van der Waals surface area contributed by atoms with Crippen LogP contribution >= 0.6 is 11.6 Å². The van der Waals surface area contributed by atoms with E-state index in [0.717, 1.165) is 18.1 Å². The summed E-state index contributed by atoms with van der Waals surface area (Å²) in [6.45, 7) is 6.73. The van der Waals surface area contributed by atoms with Gasteiger partial charge in [0.2, 0.25) is 16.0 Å². The predicted octanol–water partition coefficient (Wildman–Crippen LogP) is 2.52. The van der Waals surface area contributed by atoms with Crippen LogP contribution in [0.4, 0.5) is 11.8 Å². The zero-order valence-corrected chi connectivity index (χ0v) is 17.1. The maximum Gasteiger partial charge on any atom is 0.224 e. The van der Waals surface area contributed by atoms with Crippen LogP contribution in [0.5, 0.6) is 0 Å². The van der Waals surface area contributed by atoms with Crippen LogP contribution in [-0.4, -0.2) is 55.4 Å². The molecule has 9 heteroatoms. The lowest BCUT2D eigenvalue weighted by atomic mass is 10.2. The van der Waals surface area contributed by atoms with Gasteiger partial charge >= 0.3 is 0 Å². The summed E-state index contributed by atoms with van der Waals surface area (Å²) in [6.07, 6.45) is 0. The molecular weight excluding hydrogens is 386 g/mol. The molecule has 0 aliphatic carbocycles. The third-order valence-corrected chi connectivity index (χ3v) is 6.45. The highest BCUT2D eigenvalue weighted by molar-refractivity contribution is 7.88. The Morgan fingerprint density at radius 2 is 1.89 bits per heavy atom. The molecule has 2 aromatic rings. The smallest absolute Gasteiger partial charge is 0.224 e. The summed E-state index contributed by atoms with van der Waals surface area (Å²) < 4.78 is 27.0. The maximum absolute atomic E-state index is 12.7. The zero-order chi connectivity index (χ0) is 19.4. The minimum absolute atomic E-state index is 0.0370. The monoisotopic (exact) mass is 409 g/mol. The van der Waals surface area contributed by atoms with Crippen molar-refractivity contribution in [2.75, 3.05) is 42.9 Å². The van der Waals surface area contributed by atoms with Crippen LogP contribution in [-0.2, 0) is 15.8 Å². The molecular formula is C18H24ClN5O2S. The van der Waals surface area contributed by atoms with Gasteiger partial charge in [-0.2, -0.15) is 9.29 Å². The van der Waals surface area contributed by atoms with Gasteiger partial charge in [-0.3, -0.25) is 0 Å².